The van der Waals surface area contributed by atoms with Gasteiger partial charge in [-0.3, -0.25) is 4.90 Å². The van der Waals surface area contributed by atoms with E-state index >= 15 is 0 Å². The van der Waals surface area contributed by atoms with Crippen LogP contribution in [0.4, 0.5) is 4.39 Å². The highest BCUT2D eigenvalue weighted by atomic mass is 79.9. The second kappa shape index (κ2) is 4.87. The van der Waals surface area contributed by atoms with E-state index in [0.29, 0.717) is 5.56 Å². The molecule has 0 spiro atoms. The third-order valence-electron chi connectivity index (χ3n) is 1.92. The van der Waals surface area contributed by atoms with Crippen LogP contribution in [0.3, 0.4) is 0 Å². The molecule has 0 aliphatic heterocycles. The van der Waals surface area contributed by atoms with Gasteiger partial charge in [0.15, 0.2) is 0 Å². The molecule has 0 radical (unpaired) electrons. The molecule has 1 aromatic carbocycles. The SMILES string of the molecule is COC(c1cc(Br)ccc1F)N(C)C. The summed E-state index contributed by atoms with van der Waals surface area (Å²) in [4.78, 5) is 1.81. The zero-order valence-corrected chi connectivity index (χ0v) is 10.0. The van der Waals surface area contributed by atoms with Crippen LogP contribution in [0.25, 0.3) is 0 Å². The van der Waals surface area contributed by atoms with Crippen molar-refractivity contribution in [1.29, 1.82) is 0 Å². The third kappa shape index (κ3) is 2.53. The highest BCUT2D eigenvalue weighted by molar-refractivity contribution is 9.10. The van der Waals surface area contributed by atoms with E-state index in [1.165, 1.54) is 6.07 Å². The molecule has 0 aromatic heterocycles. The molecule has 1 unspecified atom stereocenters. The van der Waals surface area contributed by atoms with Gasteiger partial charge in [0.05, 0.1) is 0 Å². The molecule has 0 aliphatic carbocycles. The van der Waals surface area contributed by atoms with Crippen molar-refractivity contribution < 1.29 is 9.13 Å². The lowest BCUT2D eigenvalue weighted by molar-refractivity contribution is -0.00791. The van der Waals surface area contributed by atoms with E-state index in [1.807, 2.05) is 19.0 Å². The number of rotatable bonds is 3. The number of methoxy groups -OCH3 is 1. The fraction of sp³-hybridized carbons (Fsp3) is 0.400. The molecule has 0 aliphatic rings. The van der Waals surface area contributed by atoms with Crippen molar-refractivity contribution in [2.75, 3.05) is 21.2 Å². The largest absolute Gasteiger partial charge is 0.362 e. The Morgan fingerprint density at radius 1 is 1.43 bits per heavy atom. The van der Waals surface area contributed by atoms with Crippen LogP contribution in [0, 0.1) is 5.82 Å². The molecule has 2 nitrogen and oxygen atoms in total. The van der Waals surface area contributed by atoms with Gasteiger partial charge in [0.1, 0.15) is 12.0 Å². The van der Waals surface area contributed by atoms with Crippen LogP contribution >= 0.6 is 15.9 Å². The fourth-order valence-electron chi connectivity index (χ4n) is 1.32. The molecule has 1 atom stereocenters. The molecular weight excluding hydrogens is 249 g/mol. The van der Waals surface area contributed by atoms with Gasteiger partial charge in [-0.1, -0.05) is 15.9 Å². The van der Waals surface area contributed by atoms with Gasteiger partial charge < -0.3 is 4.74 Å². The smallest absolute Gasteiger partial charge is 0.138 e. The Labute approximate surface area is 91.8 Å². The maximum atomic E-state index is 13.4. The molecule has 0 fully saturated rings. The van der Waals surface area contributed by atoms with Crippen molar-refractivity contribution in [2.45, 2.75) is 6.23 Å². The second-order valence-corrected chi connectivity index (χ2v) is 4.13. The number of halogens is 2. The van der Waals surface area contributed by atoms with Crippen LogP contribution in [0.1, 0.15) is 11.8 Å². The summed E-state index contributed by atoms with van der Waals surface area (Å²) in [6.45, 7) is 0. The highest BCUT2D eigenvalue weighted by Gasteiger charge is 2.17. The van der Waals surface area contributed by atoms with Gasteiger partial charge in [0, 0.05) is 17.1 Å². The summed E-state index contributed by atoms with van der Waals surface area (Å²) in [5.74, 6) is -0.256. The van der Waals surface area contributed by atoms with Gasteiger partial charge >= 0.3 is 0 Å². The first-order chi connectivity index (χ1) is 6.56. The normalized spacial score (nSPS) is 13.3. The van der Waals surface area contributed by atoms with E-state index in [-0.39, 0.29) is 12.0 Å². The van der Waals surface area contributed by atoms with Gasteiger partial charge in [-0.15, -0.1) is 0 Å². The molecule has 1 rings (SSSR count). The molecule has 0 heterocycles. The Morgan fingerprint density at radius 2 is 2.07 bits per heavy atom. The number of hydrogen-bond acceptors (Lipinski definition) is 2. The molecule has 0 bridgehead atoms. The van der Waals surface area contributed by atoms with Gasteiger partial charge in [-0.05, 0) is 32.3 Å². The third-order valence-corrected chi connectivity index (χ3v) is 2.41. The Balaban J connectivity index is 3.08. The molecule has 0 N–H and O–H groups in total. The molecule has 1 aromatic rings. The minimum absolute atomic E-state index is 0.256. The van der Waals surface area contributed by atoms with Crippen LogP contribution in [0.2, 0.25) is 0 Å². The summed E-state index contributed by atoms with van der Waals surface area (Å²) in [6.07, 6.45) is -0.354. The van der Waals surface area contributed by atoms with Crippen molar-refractivity contribution in [3.63, 3.8) is 0 Å². The minimum Gasteiger partial charge on any atom is -0.362 e. The van der Waals surface area contributed by atoms with Crippen LogP contribution in [0.15, 0.2) is 22.7 Å². The lowest BCUT2D eigenvalue weighted by Crippen LogP contribution is -2.22. The molecule has 0 saturated carbocycles. The highest BCUT2D eigenvalue weighted by Crippen LogP contribution is 2.25. The van der Waals surface area contributed by atoms with Crippen molar-refractivity contribution in [2.24, 2.45) is 0 Å². The van der Waals surface area contributed by atoms with Crippen molar-refractivity contribution in [3.05, 3.63) is 34.1 Å². The van der Waals surface area contributed by atoms with Crippen LogP contribution in [-0.2, 0) is 4.74 Å². The molecule has 14 heavy (non-hydrogen) atoms. The van der Waals surface area contributed by atoms with E-state index < -0.39 is 0 Å². The summed E-state index contributed by atoms with van der Waals surface area (Å²) in [5, 5.41) is 0. The number of benzene rings is 1. The van der Waals surface area contributed by atoms with E-state index in [2.05, 4.69) is 15.9 Å². The summed E-state index contributed by atoms with van der Waals surface area (Å²) in [5.41, 5.74) is 0.534. The van der Waals surface area contributed by atoms with Crippen molar-refractivity contribution >= 4 is 15.9 Å². The zero-order valence-electron chi connectivity index (χ0n) is 8.42. The number of nitrogens with zero attached hydrogens (tertiary/aromatic N) is 1. The number of hydrogen-bond donors (Lipinski definition) is 0. The average molecular weight is 262 g/mol. The Hall–Kier alpha value is -0.450. The van der Waals surface area contributed by atoms with E-state index in [9.17, 15) is 4.39 Å². The standard InChI is InChI=1S/C10H13BrFNO/c1-13(2)10(14-3)8-6-7(11)4-5-9(8)12/h4-6,10H,1-3H3. The second-order valence-electron chi connectivity index (χ2n) is 3.22. The predicted octanol–water partition coefficient (Wildman–Crippen LogP) is 2.79. The van der Waals surface area contributed by atoms with Crippen molar-refractivity contribution in [1.82, 2.24) is 4.90 Å². The van der Waals surface area contributed by atoms with E-state index in [0.717, 1.165) is 4.47 Å². The first kappa shape index (κ1) is 11.6. The minimum atomic E-state index is -0.354. The monoisotopic (exact) mass is 261 g/mol. The average Bonchev–Trinajstić information content (AvgIpc) is 2.11. The lowest BCUT2D eigenvalue weighted by atomic mass is 10.2. The van der Waals surface area contributed by atoms with Gasteiger partial charge in [0.25, 0.3) is 0 Å². The molecular formula is C10H13BrFNO. The van der Waals surface area contributed by atoms with Crippen LogP contribution in [0.5, 0.6) is 0 Å². The quantitative estimate of drug-likeness (QED) is 0.776. The van der Waals surface area contributed by atoms with E-state index in [4.69, 9.17) is 4.74 Å². The summed E-state index contributed by atoms with van der Waals surface area (Å²) in [7, 11) is 5.24. The summed E-state index contributed by atoms with van der Waals surface area (Å²) < 4.78 is 19.5. The Bertz CT molecular complexity index is 317. The zero-order chi connectivity index (χ0) is 10.7. The molecule has 0 amide bonds. The van der Waals surface area contributed by atoms with Crippen molar-refractivity contribution in [3.8, 4) is 0 Å². The predicted molar refractivity (Wildman–Crippen MR) is 57.5 cm³/mol. The van der Waals surface area contributed by atoms with Crippen LogP contribution < -0.4 is 0 Å². The van der Waals surface area contributed by atoms with Gasteiger partial charge in [-0.2, -0.15) is 0 Å². The lowest BCUT2D eigenvalue weighted by Gasteiger charge is -2.23. The van der Waals surface area contributed by atoms with Gasteiger partial charge in [-0.25, -0.2) is 4.39 Å². The van der Waals surface area contributed by atoms with Crippen LogP contribution in [-0.4, -0.2) is 26.1 Å². The van der Waals surface area contributed by atoms with Gasteiger partial charge in [0.2, 0.25) is 0 Å². The molecule has 4 heteroatoms. The molecule has 78 valence electrons. The van der Waals surface area contributed by atoms with E-state index in [1.54, 1.807) is 19.2 Å². The molecule has 0 saturated heterocycles. The Kier molecular flexibility index (Phi) is 4.04. The maximum Gasteiger partial charge on any atom is 0.138 e. The summed E-state index contributed by atoms with van der Waals surface area (Å²) in [6, 6.07) is 4.82. The first-order valence-electron chi connectivity index (χ1n) is 4.20. The first-order valence-corrected chi connectivity index (χ1v) is 4.99. The Morgan fingerprint density at radius 3 is 2.57 bits per heavy atom. The maximum absolute atomic E-state index is 13.4. The number of ether oxygens (including phenoxy) is 1. The topological polar surface area (TPSA) is 12.5 Å². The fourth-order valence-corrected chi connectivity index (χ4v) is 1.70. The summed E-state index contributed by atoms with van der Waals surface area (Å²) >= 11 is 3.30.